The van der Waals surface area contributed by atoms with E-state index in [0.717, 1.165) is 148 Å². The first-order valence-corrected chi connectivity index (χ1v) is 37.1. The summed E-state index contributed by atoms with van der Waals surface area (Å²) in [5.74, 6) is -0.434. The molecule has 9 heterocycles. The van der Waals surface area contributed by atoms with Crippen molar-refractivity contribution in [3.63, 3.8) is 0 Å². The van der Waals surface area contributed by atoms with Crippen LogP contribution in [-0.4, -0.2) is 102 Å². The number of nitrogens with one attached hydrogen (secondary N) is 2. The molecule has 2 N–H and O–H groups in total. The number of hydrogen-bond acceptors (Lipinski definition) is 14. The second-order valence-electron chi connectivity index (χ2n) is 25.8. The van der Waals surface area contributed by atoms with Gasteiger partial charge in [-0.1, -0.05) is 82.3 Å². The van der Waals surface area contributed by atoms with Crippen LogP contribution < -0.4 is 5.46 Å². The molecule has 0 unspecified atom stereocenters. The molecule has 0 aliphatic carbocycles. The smallest absolute Gasteiger partial charge is 0.467 e. The molecule has 1 aliphatic heterocycles. The number of methoxy groups -OCH3 is 1. The molecule has 16 rings (SSSR count). The highest BCUT2D eigenvalue weighted by molar-refractivity contribution is 9.11. The van der Waals surface area contributed by atoms with Crippen molar-refractivity contribution in [1.29, 1.82) is 0 Å². The van der Waals surface area contributed by atoms with E-state index in [1.54, 1.807) is 31.0 Å². The number of rotatable bonds is 7. The molecule has 1 fully saturated rings. The number of carbonyl (C=O) groups excluding carboxylic acids is 1. The second-order valence-corrected chi connectivity index (χ2v) is 31.8. The van der Waals surface area contributed by atoms with E-state index in [-0.39, 0.29) is 18.3 Å². The summed E-state index contributed by atoms with van der Waals surface area (Å²) in [4.78, 5) is 25.4. The number of aromatic amines is 2. The Morgan fingerprint density at radius 2 is 1.10 bits per heavy atom. The van der Waals surface area contributed by atoms with Crippen molar-refractivity contribution in [3.05, 3.63) is 226 Å². The van der Waals surface area contributed by atoms with Gasteiger partial charge in [-0.15, -0.1) is 11.3 Å². The quantitative estimate of drug-likeness (QED) is 0.113. The molecule has 0 bridgehead atoms. The summed E-state index contributed by atoms with van der Waals surface area (Å²) in [7, 11) is 6.80. The highest BCUT2D eigenvalue weighted by Gasteiger charge is 2.52. The van der Waals surface area contributed by atoms with E-state index in [4.69, 9.17) is 81.9 Å². The number of aryl methyl sites for hydroxylation is 4. The van der Waals surface area contributed by atoms with Crippen molar-refractivity contribution in [2.24, 2.45) is 21.1 Å². The Bertz CT molecular complexity index is 5520. The number of nitrogens with zero attached hydrogens (tertiary/aromatic N) is 11. The molecule has 28 heteroatoms. The lowest BCUT2D eigenvalue weighted by Gasteiger charge is -2.32. The van der Waals surface area contributed by atoms with Crippen LogP contribution in [0.15, 0.2) is 190 Å². The molecule has 103 heavy (non-hydrogen) atoms. The summed E-state index contributed by atoms with van der Waals surface area (Å²) in [6.45, 7) is 16.0. The van der Waals surface area contributed by atoms with Crippen molar-refractivity contribution < 1.29 is 23.6 Å². The van der Waals surface area contributed by atoms with Gasteiger partial charge in [-0.3, -0.25) is 34.2 Å². The van der Waals surface area contributed by atoms with Gasteiger partial charge in [0, 0.05) is 120 Å². The molecule has 7 aromatic carbocycles. The summed E-state index contributed by atoms with van der Waals surface area (Å²) < 4.78 is 32.7. The Morgan fingerprint density at radius 1 is 0.592 bits per heavy atom. The van der Waals surface area contributed by atoms with Crippen LogP contribution in [0, 0.1) is 6.92 Å². The van der Waals surface area contributed by atoms with Crippen molar-refractivity contribution in [2.75, 3.05) is 7.11 Å². The fraction of sp³-hybridized carbons (Fsp3) is 0.213. The summed E-state index contributed by atoms with van der Waals surface area (Å²) >= 11 is 41.2. The number of hydrogen-bond donors (Lipinski definition) is 2. The predicted octanol–water partition coefficient (Wildman–Crippen LogP) is 21.1. The second kappa shape index (κ2) is 32.4. The molecule has 18 nitrogen and oxygen atoms in total. The lowest BCUT2D eigenvalue weighted by Crippen LogP contribution is -2.41. The Balaban J connectivity index is 0.000000129. The third-order valence-corrected chi connectivity index (χ3v) is 20.9. The Kier molecular flexibility index (Phi) is 24.1. The van der Waals surface area contributed by atoms with Crippen LogP contribution >= 0.6 is 117 Å². The van der Waals surface area contributed by atoms with E-state index in [0.29, 0.717) is 5.02 Å². The SMILES string of the molecule is COC(=O)[C@@H](OC(C)(C)C)c1c(C)cc2nc(Br)sc2c1-c1ccc(Cl)cc1.Clc1ccc2[nH]ncc2c1.Clc1ccc2n[nH]c(Br)c2c1.Cn1nc(-c2ccncc2)c2cc(B3OC(C)(C)C(C)(C)O3)ccc21.Cn1nc(-c2ccncc2)c2cc(Cl)ccc21.Cn1nc(Br)c2cc(Cl)ccc21. The molecule has 0 amide bonds. The first kappa shape index (κ1) is 76.5. The number of benzene rings is 7. The number of pyridine rings is 2. The minimum absolute atomic E-state index is 0.352. The Labute approximate surface area is 649 Å². The largest absolute Gasteiger partial charge is 0.494 e. The molecule has 0 spiro atoms. The molecule has 1 aliphatic rings. The monoisotopic (exact) mass is 1690 g/mol. The lowest BCUT2D eigenvalue weighted by atomic mass is 9.78. The van der Waals surface area contributed by atoms with Crippen LogP contribution in [0.5, 0.6) is 0 Å². The third kappa shape index (κ3) is 17.9. The molecule has 8 aromatic heterocycles. The third-order valence-electron chi connectivity index (χ3n) is 16.9. The molecule has 1 saturated heterocycles. The number of H-pyrrole nitrogens is 2. The van der Waals surface area contributed by atoms with Gasteiger partial charge in [0.1, 0.15) is 20.6 Å². The van der Waals surface area contributed by atoms with Crippen LogP contribution in [0.3, 0.4) is 0 Å². The van der Waals surface area contributed by atoms with Gasteiger partial charge in [-0.05, 0) is 241 Å². The fourth-order valence-electron chi connectivity index (χ4n) is 11.3. The standard InChI is InChI=1S/C21H21BrClNO3S.C19H22BN3O2.C13H10ClN3.C8H6BrClN2.C7H4BrClN2.C7H5ClN2/c1-11-10-14-18(28-20(22)24-14)16(12-6-8-13(23)9-7-12)15(11)17(19(25)26-5)27-21(2,3)4;1-18(2)19(3,4)25-20(24-18)14-6-7-16-15(12-14)17(22-23(16)5)13-8-10-21-11-9-13;1-17-12-3-2-10(14)8-11(12)13(16-17)9-4-6-15-7-5-9;1-12-7-3-2-5(10)4-6(7)8(9)11-12;8-7-5-3-4(9)1-2-6(5)10-11-7;8-6-1-2-7-5(3-6)4-9-10-7/h6-10,17H,1-5H3;6-12H,1-5H3;2-8H,1H3;2-4H,1H3;1-3H,(H,10,11);1-4H,(H,9,10)/t17-;;;;;/m0...../s1. The number of halogens is 8. The molecular weight excluding hydrogens is 1620 g/mol. The number of ether oxygens (including phenoxy) is 2. The Hall–Kier alpha value is -7.62. The first-order chi connectivity index (χ1) is 49.0. The minimum Gasteiger partial charge on any atom is -0.467 e. The number of aromatic nitrogens is 13. The number of thiazole rings is 1. The fourth-order valence-corrected chi connectivity index (χ4v) is 14.6. The van der Waals surface area contributed by atoms with Crippen LogP contribution in [0.1, 0.15) is 65.7 Å². The maximum Gasteiger partial charge on any atom is 0.494 e. The Morgan fingerprint density at radius 3 is 1.68 bits per heavy atom. The van der Waals surface area contributed by atoms with E-state index >= 15 is 0 Å². The van der Waals surface area contributed by atoms with E-state index in [1.165, 1.54) is 18.4 Å². The van der Waals surface area contributed by atoms with Crippen LogP contribution in [0.4, 0.5) is 0 Å². The molecule has 1 atom stereocenters. The maximum atomic E-state index is 12.7. The van der Waals surface area contributed by atoms with Gasteiger partial charge in [0.15, 0.2) is 10.0 Å². The van der Waals surface area contributed by atoms with E-state index in [2.05, 4.69) is 139 Å². The van der Waals surface area contributed by atoms with Gasteiger partial charge in [0.25, 0.3) is 0 Å². The van der Waals surface area contributed by atoms with Gasteiger partial charge < -0.3 is 18.8 Å². The zero-order valence-electron chi connectivity index (χ0n) is 57.8. The van der Waals surface area contributed by atoms with Crippen LogP contribution in [0.25, 0.3) is 98.4 Å². The minimum atomic E-state index is -0.860. The highest BCUT2D eigenvalue weighted by Crippen LogP contribution is 2.45. The van der Waals surface area contributed by atoms with E-state index in [9.17, 15) is 4.79 Å². The number of esters is 1. The highest BCUT2D eigenvalue weighted by atomic mass is 79.9. The average molecular weight is 1690 g/mol. The zero-order chi connectivity index (χ0) is 73.8. The maximum absolute atomic E-state index is 12.7. The number of fused-ring (bicyclic) bond motifs is 6. The van der Waals surface area contributed by atoms with Crippen molar-refractivity contribution >= 4 is 200 Å². The summed E-state index contributed by atoms with van der Waals surface area (Å²) in [6.07, 6.45) is 7.99. The summed E-state index contributed by atoms with van der Waals surface area (Å²) in [6, 6.07) is 46.3. The van der Waals surface area contributed by atoms with Crippen molar-refractivity contribution in [2.45, 2.75) is 78.3 Å². The van der Waals surface area contributed by atoms with Gasteiger partial charge in [-0.2, -0.15) is 25.5 Å². The summed E-state index contributed by atoms with van der Waals surface area (Å²) in [5.41, 5.74) is 13.3. The molecule has 15 aromatic rings. The van der Waals surface area contributed by atoms with Crippen molar-refractivity contribution in [3.8, 4) is 33.6 Å². The molecule has 0 saturated carbocycles. The molecule has 0 radical (unpaired) electrons. The van der Waals surface area contributed by atoms with E-state index in [1.807, 2.05) is 190 Å². The van der Waals surface area contributed by atoms with Gasteiger partial charge >= 0.3 is 13.1 Å². The normalized spacial score (nSPS) is 13.3. The van der Waals surface area contributed by atoms with Crippen LogP contribution in [0.2, 0.25) is 25.1 Å². The van der Waals surface area contributed by atoms with Gasteiger partial charge in [0.2, 0.25) is 0 Å². The summed E-state index contributed by atoms with van der Waals surface area (Å²) in [5, 5.41) is 35.8. The molecular formula is C75H68BBr3Cl5N13O5S. The van der Waals surface area contributed by atoms with E-state index < -0.39 is 17.7 Å². The van der Waals surface area contributed by atoms with Gasteiger partial charge in [-0.25, -0.2) is 9.78 Å². The number of carbonyl (C=O) groups is 1. The lowest BCUT2D eigenvalue weighted by molar-refractivity contribution is -0.164. The topological polar surface area (TPSA) is 203 Å². The predicted molar refractivity (Wildman–Crippen MR) is 430 cm³/mol. The van der Waals surface area contributed by atoms with Gasteiger partial charge in [0.05, 0.1) is 67.9 Å². The van der Waals surface area contributed by atoms with Crippen LogP contribution in [-0.2, 0) is 44.7 Å². The van der Waals surface area contributed by atoms with Crippen molar-refractivity contribution in [1.82, 2.24) is 64.7 Å². The zero-order valence-corrected chi connectivity index (χ0v) is 67.1. The molecule has 528 valence electrons. The average Bonchev–Trinajstić information content (AvgIpc) is 1.72. The first-order valence-electron chi connectivity index (χ1n) is 32.0.